The maximum atomic E-state index is 14.8. The molecular weight excluding hydrogens is 369 g/mol. The molecule has 1 rings (SSSR count). The molecule has 144 valence electrons. The fraction of sp³-hybridized carbons (Fsp3) is 0.625. The highest BCUT2D eigenvalue weighted by molar-refractivity contribution is 7.53. The summed E-state index contributed by atoms with van der Waals surface area (Å²) in [5, 5.41) is 0. The maximum absolute atomic E-state index is 14.8. The molecule has 0 radical (unpaired) electrons. The second kappa shape index (κ2) is 10.6. The minimum atomic E-state index is -3.44. The normalized spacial score (nSPS) is 12.5. The summed E-state index contributed by atoms with van der Waals surface area (Å²) in [7, 11) is -6.87. The van der Waals surface area contributed by atoms with E-state index in [-0.39, 0.29) is 49.9 Å². The van der Waals surface area contributed by atoms with Crippen LogP contribution in [0.1, 0.15) is 38.8 Å². The van der Waals surface area contributed by atoms with Gasteiger partial charge in [-0.1, -0.05) is 18.2 Å². The minimum absolute atomic E-state index is 0.183. The lowest BCUT2D eigenvalue weighted by molar-refractivity contribution is 0.218. The molecule has 0 bridgehead atoms. The van der Waals surface area contributed by atoms with Crippen molar-refractivity contribution in [2.45, 2.75) is 40.0 Å². The van der Waals surface area contributed by atoms with Crippen LogP contribution in [0.4, 0.5) is 4.39 Å². The van der Waals surface area contributed by atoms with Gasteiger partial charge in [0.25, 0.3) is 0 Å². The smallest absolute Gasteiger partial charge is 0.309 e. The van der Waals surface area contributed by atoms with E-state index in [1.54, 1.807) is 33.8 Å². The molecule has 25 heavy (non-hydrogen) atoms. The Morgan fingerprint density at radius 2 is 1.08 bits per heavy atom. The molecule has 1 aromatic carbocycles. The molecule has 9 heteroatoms. The first-order valence-electron chi connectivity index (χ1n) is 8.35. The van der Waals surface area contributed by atoms with Gasteiger partial charge in [-0.25, -0.2) is 4.39 Å². The topological polar surface area (TPSA) is 71.1 Å². The van der Waals surface area contributed by atoms with E-state index in [1.807, 2.05) is 0 Å². The molecular formula is C16H27FO6P2. The number of halogens is 1. The summed E-state index contributed by atoms with van der Waals surface area (Å²) < 4.78 is 60.9. The van der Waals surface area contributed by atoms with E-state index in [0.717, 1.165) is 0 Å². The quantitative estimate of drug-likeness (QED) is 0.443. The van der Waals surface area contributed by atoms with E-state index in [9.17, 15) is 13.5 Å². The predicted molar refractivity (Wildman–Crippen MR) is 95.5 cm³/mol. The van der Waals surface area contributed by atoms with Gasteiger partial charge in [0, 0.05) is 11.1 Å². The Hall–Kier alpha value is -0.550. The molecule has 0 spiro atoms. The number of hydrogen-bond donors (Lipinski definition) is 0. The molecule has 0 unspecified atom stereocenters. The molecule has 0 aliphatic rings. The Morgan fingerprint density at radius 1 is 0.760 bits per heavy atom. The van der Waals surface area contributed by atoms with Crippen molar-refractivity contribution in [3.05, 3.63) is 35.1 Å². The summed E-state index contributed by atoms with van der Waals surface area (Å²) in [5.41, 5.74) is 0.365. The van der Waals surface area contributed by atoms with Crippen LogP contribution in [0, 0.1) is 5.82 Å². The summed E-state index contributed by atoms with van der Waals surface area (Å²) in [6, 6.07) is 4.63. The van der Waals surface area contributed by atoms with Gasteiger partial charge in [0.2, 0.25) is 0 Å². The summed E-state index contributed by atoms with van der Waals surface area (Å²) in [4.78, 5) is 0. The first-order valence-corrected chi connectivity index (χ1v) is 11.8. The lowest BCUT2D eigenvalue weighted by Gasteiger charge is -2.20. The van der Waals surface area contributed by atoms with Crippen molar-refractivity contribution >= 4 is 15.2 Å². The Labute approximate surface area is 149 Å². The number of benzene rings is 1. The van der Waals surface area contributed by atoms with Gasteiger partial charge in [-0.3, -0.25) is 9.13 Å². The zero-order valence-electron chi connectivity index (χ0n) is 15.2. The first kappa shape index (κ1) is 22.5. The van der Waals surface area contributed by atoms with Crippen LogP contribution in [0.5, 0.6) is 0 Å². The van der Waals surface area contributed by atoms with Gasteiger partial charge in [0.1, 0.15) is 5.82 Å². The minimum Gasteiger partial charge on any atom is -0.309 e. The summed E-state index contributed by atoms with van der Waals surface area (Å²) in [6.45, 7) is 7.56. The Morgan fingerprint density at radius 3 is 1.36 bits per heavy atom. The average Bonchev–Trinajstić information content (AvgIpc) is 2.52. The third-order valence-electron chi connectivity index (χ3n) is 3.19. The molecule has 0 aliphatic carbocycles. The predicted octanol–water partition coefficient (Wildman–Crippen LogP) is 5.36. The van der Waals surface area contributed by atoms with Crippen LogP contribution < -0.4 is 0 Å². The van der Waals surface area contributed by atoms with Crippen LogP contribution in [0.3, 0.4) is 0 Å². The second-order valence-corrected chi connectivity index (χ2v) is 9.21. The van der Waals surface area contributed by atoms with Crippen LogP contribution >= 0.6 is 15.2 Å². The van der Waals surface area contributed by atoms with Gasteiger partial charge in [0.05, 0.1) is 38.8 Å². The molecule has 0 atom stereocenters. The van der Waals surface area contributed by atoms with Crippen molar-refractivity contribution in [3.8, 4) is 0 Å². The van der Waals surface area contributed by atoms with E-state index in [0.29, 0.717) is 0 Å². The zero-order chi connectivity index (χ0) is 18.9. The largest absolute Gasteiger partial charge is 0.335 e. The lowest BCUT2D eigenvalue weighted by atomic mass is 10.1. The van der Waals surface area contributed by atoms with Crippen molar-refractivity contribution in [2.75, 3.05) is 26.4 Å². The molecule has 0 aliphatic heterocycles. The lowest BCUT2D eigenvalue weighted by Crippen LogP contribution is -2.04. The highest BCUT2D eigenvalue weighted by Crippen LogP contribution is 2.53. The molecule has 0 heterocycles. The van der Waals surface area contributed by atoms with Crippen LogP contribution in [-0.4, -0.2) is 26.4 Å². The van der Waals surface area contributed by atoms with E-state index in [1.165, 1.54) is 12.1 Å². The highest BCUT2D eigenvalue weighted by atomic mass is 31.2. The van der Waals surface area contributed by atoms with E-state index in [2.05, 4.69) is 0 Å². The van der Waals surface area contributed by atoms with Gasteiger partial charge in [-0.2, -0.15) is 0 Å². The maximum Gasteiger partial charge on any atom is 0.335 e. The van der Waals surface area contributed by atoms with Gasteiger partial charge in [-0.15, -0.1) is 0 Å². The molecule has 0 fully saturated rings. The fourth-order valence-corrected chi connectivity index (χ4v) is 5.75. The van der Waals surface area contributed by atoms with Gasteiger partial charge < -0.3 is 18.1 Å². The van der Waals surface area contributed by atoms with Crippen molar-refractivity contribution < 1.29 is 31.6 Å². The molecule has 0 saturated heterocycles. The molecule has 6 nitrogen and oxygen atoms in total. The van der Waals surface area contributed by atoms with Crippen LogP contribution in [0.25, 0.3) is 0 Å². The Kier molecular flexibility index (Phi) is 9.50. The van der Waals surface area contributed by atoms with Gasteiger partial charge in [-0.05, 0) is 27.7 Å². The molecule has 0 amide bonds. The van der Waals surface area contributed by atoms with Gasteiger partial charge in [0.15, 0.2) is 0 Å². The zero-order valence-corrected chi connectivity index (χ0v) is 17.0. The second-order valence-electron chi connectivity index (χ2n) is 5.10. The van der Waals surface area contributed by atoms with Crippen LogP contribution in [-0.2, 0) is 39.5 Å². The van der Waals surface area contributed by atoms with Crippen LogP contribution in [0.2, 0.25) is 0 Å². The van der Waals surface area contributed by atoms with Crippen molar-refractivity contribution in [1.29, 1.82) is 0 Å². The number of rotatable bonds is 12. The van der Waals surface area contributed by atoms with E-state index in [4.69, 9.17) is 18.1 Å². The Bertz CT molecular complexity index is 567. The SMILES string of the molecule is CCOP(=O)(Cc1cccc(CP(=O)(OCC)OCC)c1F)OCC. The van der Waals surface area contributed by atoms with Crippen molar-refractivity contribution in [1.82, 2.24) is 0 Å². The third kappa shape index (κ3) is 6.93. The summed E-state index contributed by atoms with van der Waals surface area (Å²) in [5.74, 6) is -0.596. The highest BCUT2D eigenvalue weighted by Gasteiger charge is 2.29. The molecule has 0 saturated carbocycles. The van der Waals surface area contributed by atoms with Crippen LogP contribution in [0.15, 0.2) is 18.2 Å². The standard InChI is InChI=1S/C16H27FO6P2/c1-5-20-24(18,21-6-2)12-14-10-9-11-15(16(14)17)13-25(19,22-7-3)23-8-4/h9-11H,5-8,12-13H2,1-4H3. The van der Waals surface area contributed by atoms with Crippen molar-refractivity contribution in [2.24, 2.45) is 0 Å². The molecule has 1 aromatic rings. The van der Waals surface area contributed by atoms with Crippen molar-refractivity contribution in [3.63, 3.8) is 0 Å². The van der Waals surface area contributed by atoms with E-state index < -0.39 is 21.0 Å². The summed E-state index contributed by atoms with van der Waals surface area (Å²) in [6.07, 6.45) is -0.385. The fourth-order valence-electron chi connectivity index (χ4n) is 2.34. The average molecular weight is 396 g/mol. The van der Waals surface area contributed by atoms with E-state index >= 15 is 0 Å². The van der Waals surface area contributed by atoms with Gasteiger partial charge >= 0.3 is 15.2 Å². The third-order valence-corrected chi connectivity index (χ3v) is 7.25. The molecule has 0 N–H and O–H groups in total. The number of hydrogen-bond acceptors (Lipinski definition) is 6. The molecule has 0 aromatic heterocycles. The Balaban J connectivity index is 3.09. The first-order chi connectivity index (χ1) is 11.8. The monoisotopic (exact) mass is 396 g/mol. The summed E-state index contributed by atoms with van der Waals surface area (Å²) >= 11 is 0.